The monoisotopic (exact) mass is 165 g/mol. The van der Waals surface area contributed by atoms with E-state index in [-0.39, 0.29) is 0 Å². The molecular weight excluding hydrogens is 150 g/mol. The summed E-state index contributed by atoms with van der Waals surface area (Å²) in [6.07, 6.45) is 0. The molecule has 3 heteroatoms. The summed E-state index contributed by atoms with van der Waals surface area (Å²) in [5.74, 6) is 0. The normalized spacial score (nSPS) is 9.83. The molecule has 66 valence electrons. The molecule has 5 N–H and O–H groups in total. The van der Waals surface area contributed by atoms with Crippen LogP contribution in [-0.2, 0) is 0 Å². The van der Waals surface area contributed by atoms with E-state index < -0.39 is 0 Å². The Bertz CT molecular complexity index is 258. The second kappa shape index (κ2) is 3.97. The van der Waals surface area contributed by atoms with Crippen molar-refractivity contribution in [3.8, 4) is 0 Å². The molecule has 12 heavy (non-hydrogen) atoms. The van der Waals surface area contributed by atoms with Gasteiger partial charge in [-0.2, -0.15) is 0 Å². The molecule has 0 aliphatic heterocycles. The molecule has 0 radical (unpaired) electrons. The van der Waals surface area contributed by atoms with Crippen LogP contribution in [0.5, 0.6) is 0 Å². The molecule has 0 fully saturated rings. The van der Waals surface area contributed by atoms with Crippen LogP contribution < -0.4 is 16.8 Å². The Morgan fingerprint density at radius 2 is 2.17 bits per heavy atom. The van der Waals surface area contributed by atoms with Crippen LogP contribution in [0.3, 0.4) is 0 Å². The van der Waals surface area contributed by atoms with Gasteiger partial charge in [0.15, 0.2) is 0 Å². The number of nitrogens with two attached hydrogens (primary N) is 2. The Kier molecular flexibility index (Phi) is 2.94. The number of hydrogen-bond donors (Lipinski definition) is 3. The maximum Gasteiger partial charge on any atom is 0.0579 e. The summed E-state index contributed by atoms with van der Waals surface area (Å²) in [6, 6.07) is 5.92. The van der Waals surface area contributed by atoms with Crippen molar-refractivity contribution >= 4 is 11.4 Å². The van der Waals surface area contributed by atoms with Crippen LogP contribution in [0.4, 0.5) is 11.4 Å². The number of aryl methyl sites for hydroxylation is 1. The summed E-state index contributed by atoms with van der Waals surface area (Å²) < 4.78 is 0. The van der Waals surface area contributed by atoms with Gasteiger partial charge in [0.25, 0.3) is 0 Å². The number of nitrogens with one attached hydrogen (secondary N) is 1. The molecule has 0 amide bonds. The van der Waals surface area contributed by atoms with Crippen molar-refractivity contribution in [3.63, 3.8) is 0 Å². The van der Waals surface area contributed by atoms with Gasteiger partial charge in [-0.15, -0.1) is 0 Å². The maximum absolute atomic E-state index is 5.82. The van der Waals surface area contributed by atoms with Gasteiger partial charge in [-0.25, -0.2) is 0 Å². The van der Waals surface area contributed by atoms with Crippen LogP contribution in [-0.4, -0.2) is 13.1 Å². The number of nitrogen functional groups attached to an aromatic ring is 1. The minimum absolute atomic E-state index is 0.618. The molecule has 0 unspecified atom stereocenters. The van der Waals surface area contributed by atoms with Gasteiger partial charge in [0, 0.05) is 13.1 Å². The molecule has 3 nitrogen and oxygen atoms in total. The second-order valence-electron chi connectivity index (χ2n) is 2.75. The lowest BCUT2D eigenvalue weighted by Crippen LogP contribution is -2.14. The molecule has 0 bridgehead atoms. The molecule has 0 saturated heterocycles. The molecule has 0 aromatic heterocycles. The van der Waals surface area contributed by atoms with Crippen LogP contribution in [0.25, 0.3) is 0 Å². The van der Waals surface area contributed by atoms with Crippen LogP contribution in [0.2, 0.25) is 0 Å². The first-order chi connectivity index (χ1) is 5.75. The topological polar surface area (TPSA) is 64.1 Å². The van der Waals surface area contributed by atoms with Crippen molar-refractivity contribution < 1.29 is 0 Å². The highest BCUT2D eigenvalue weighted by Crippen LogP contribution is 2.20. The Balaban J connectivity index is 2.78. The van der Waals surface area contributed by atoms with Crippen molar-refractivity contribution in [1.29, 1.82) is 0 Å². The molecule has 1 rings (SSSR count). The van der Waals surface area contributed by atoms with E-state index in [2.05, 4.69) is 5.32 Å². The predicted molar refractivity (Wildman–Crippen MR) is 53.1 cm³/mol. The first-order valence-electron chi connectivity index (χ1n) is 4.04. The highest BCUT2D eigenvalue weighted by Gasteiger charge is 1.98. The molecule has 0 aliphatic rings. The molecular formula is C9H15N3. The lowest BCUT2D eigenvalue weighted by Gasteiger charge is -2.09. The quantitative estimate of drug-likeness (QED) is 0.584. The Morgan fingerprint density at radius 1 is 1.42 bits per heavy atom. The van der Waals surface area contributed by atoms with E-state index >= 15 is 0 Å². The van der Waals surface area contributed by atoms with Gasteiger partial charge in [0.05, 0.1) is 11.4 Å². The summed E-state index contributed by atoms with van der Waals surface area (Å²) in [5.41, 5.74) is 14.1. The standard InChI is InChI=1S/C9H15N3/c1-7-3-2-4-8(9(7)11)12-6-5-10/h2-4,12H,5-6,10-11H2,1H3. The SMILES string of the molecule is Cc1cccc(NCCN)c1N. The zero-order chi connectivity index (χ0) is 8.97. The third kappa shape index (κ3) is 1.89. The van der Waals surface area contributed by atoms with Gasteiger partial charge in [-0.3, -0.25) is 0 Å². The van der Waals surface area contributed by atoms with E-state index in [0.717, 1.165) is 23.5 Å². The number of rotatable bonds is 3. The molecule has 0 heterocycles. The number of benzene rings is 1. The number of anilines is 2. The van der Waals surface area contributed by atoms with Crippen LogP contribution in [0, 0.1) is 6.92 Å². The minimum Gasteiger partial charge on any atom is -0.397 e. The summed E-state index contributed by atoms with van der Waals surface area (Å²) in [7, 11) is 0. The zero-order valence-corrected chi connectivity index (χ0v) is 7.30. The summed E-state index contributed by atoms with van der Waals surface area (Å²) in [6.45, 7) is 3.37. The average Bonchev–Trinajstić information content (AvgIpc) is 2.08. The Morgan fingerprint density at radius 3 is 2.83 bits per heavy atom. The van der Waals surface area contributed by atoms with E-state index in [0.29, 0.717) is 6.54 Å². The lowest BCUT2D eigenvalue weighted by molar-refractivity contribution is 1.02. The largest absolute Gasteiger partial charge is 0.397 e. The Hall–Kier alpha value is -1.22. The summed E-state index contributed by atoms with van der Waals surface area (Å²) in [4.78, 5) is 0. The second-order valence-corrected chi connectivity index (χ2v) is 2.75. The van der Waals surface area contributed by atoms with Crippen molar-refractivity contribution in [2.75, 3.05) is 24.1 Å². The maximum atomic E-state index is 5.82. The third-order valence-electron chi connectivity index (χ3n) is 1.78. The summed E-state index contributed by atoms with van der Waals surface area (Å²) >= 11 is 0. The fourth-order valence-corrected chi connectivity index (χ4v) is 1.04. The van der Waals surface area contributed by atoms with Crippen molar-refractivity contribution in [2.24, 2.45) is 5.73 Å². The Labute approximate surface area is 72.8 Å². The van der Waals surface area contributed by atoms with Gasteiger partial charge < -0.3 is 16.8 Å². The van der Waals surface area contributed by atoms with E-state index in [1.54, 1.807) is 0 Å². The van der Waals surface area contributed by atoms with E-state index in [1.807, 2.05) is 25.1 Å². The van der Waals surface area contributed by atoms with Gasteiger partial charge in [-0.05, 0) is 18.6 Å². The fourth-order valence-electron chi connectivity index (χ4n) is 1.04. The molecule has 1 aromatic rings. The molecule has 1 aromatic carbocycles. The van der Waals surface area contributed by atoms with Crippen molar-refractivity contribution in [1.82, 2.24) is 0 Å². The highest BCUT2D eigenvalue weighted by molar-refractivity contribution is 5.69. The van der Waals surface area contributed by atoms with Gasteiger partial charge in [0.1, 0.15) is 0 Å². The van der Waals surface area contributed by atoms with Crippen molar-refractivity contribution in [2.45, 2.75) is 6.92 Å². The minimum atomic E-state index is 0.618. The number of hydrogen-bond acceptors (Lipinski definition) is 3. The van der Waals surface area contributed by atoms with Gasteiger partial charge in [0.2, 0.25) is 0 Å². The summed E-state index contributed by atoms with van der Waals surface area (Å²) in [5, 5.41) is 3.15. The molecule has 0 atom stereocenters. The predicted octanol–water partition coefficient (Wildman–Crippen LogP) is 0.948. The van der Waals surface area contributed by atoms with Crippen molar-refractivity contribution in [3.05, 3.63) is 23.8 Å². The highest BCUT2D eigenvalue weighted by atomic mass is 14.9. The number of para-hydroxylation sites is 1. The first kappa shape index (κ1) is 8.87. The van der Waals surface area contributed by atoms with Gasteiger partial charge >= 0.3 is 0 Å². The van der Waals surface area contributed by atoms with E-state index in [9.17, 15) is 0 Å². The smallest absolute Gasteiger partial charge is 0.0579 e. The lowest BCUT2D eigenvalue weighted by atomic mass is 10.2. The van der Waals surface area contributed by atoms with E-state index in [1.165, 1.54) is 0 Å². The average molecular weight is 165 g/mol. The molecule has 0 aliphatic carbocycles. The van der Waals surface area contributed by atoms with Crippen LogP contribution in [0.1, 0.15) is 5.56 Å². The fraction of sp³-hybridized carbons (Fsp3) is 0.333. The van der Waals surface area contributed by atoms with E-state index in [4.69, 9.17) is 11.5 Å². The van der Waals surface area contributed by atoms with Gasteiger partial charge in [-0.1, -0.05) is 12.1 Å². The molecule has 0 spiro atoms. The molecule has 0 saturated carbocycles. The first-order valence-corrected chi connectivity index (χ1v) is 4.04. The zero-order valence-electron chi connectivity index (χ0n) is 7.30. The van der Waals surface area contributed by atoms with Crippen LogP contribution >= 0.6 is 0 Å². The third-order valence-corrected chi connectivity index (χ3v) is 1.78. The van der Waals surface area contributed by atoms with Crippen LogP contribution in [0.15, 0.2) is 18.2 Å².